The fourth-order valence-electron chi connectivity index (χ4n) is 2.87. The van der Waals surface area contributed by atoms with Gasteiger partial charge in [0.2, 0.25) is 0 Å². The molecule has 136 valence electrons. The van der Waals surface area contributed by atoms with Crippen LogP contribution in [0.25, 0.3) is 0 Å². The SMILES string of the molecule is FC(F)(F)c1ccccc1CN(CC1=CCC=CN1)c1cccc(Cl)c1. The van der Waals surface area contributed by atoms with Crippen LogP contribution in [0.2, 0.25) is 5.02 Å². The van der Waals surface area contributed by atoms with Gasteiger partial charge in [0.15, 0.2) is 0 Å². The molecule has 2 nitrogen and oxygen atoms in total. The van der Waals surface area contributed by atoms with Gasteiger partial charge in [-0.3, -0.25) is 0 Å². The molecule has 2 aromatic rings. The first-order valence-corrected chi connectivity index (χ1v) is 8.57. The number of halogens is 4. The first-order chi connectivity index (χ1) is 12.4. The van der Waals surface area contributed by atoms with E-state index in [9.17, 15) is 13.2 Å². The topological polar surface area (TPSA) is 15.3 Å². The van der Waals surface area contributed by atoms with Crippen molar-refractivity contribution in [3.05, 3.63) is 88.7 Å². The Kier molecular flexibility index (Phi) is 5.57. The number of rotatable bonds is 5. The van der Waals surface area contributed by atoms with Crippen LogP contribution in [-0.4, -0.2) is 6.54 Å². The molecule has 0 radical (unpaired) electrons. The standard InChI is InChI=1S/C20H18ClF3N2/c21-16-7-5-9-18(12-16)26(14-17-8-3-4-11-25-17)13-15-6-1-2-10-19(15)20(22,23)24/h1-2,4-12,25H,3,13-14H2. The van der Waals surface area contributed by atoms with E-state index in [2.05, 4.69) is 5.32 Å². The second-order valence-corrected chi connectivity index (χ2v) is 6.44. The summed E-state index contributed by atoms with van der Waals surface area (Å²) in [4.78, 5) is 1.88. The van der Waals surface area contributed by atoms with Crippen LogP contribution in [0.4, 0.5) is 18.9 Å². The van der Waals surface area contributed by atoms with E-state index < -0.39 is 11.7 Å². The van der Waals surface area contributed by atoms with Gasteiger partial charge in [-0.15, -0.1) is 0 Å². The summed E-state index contributed by atoms with van der Waals surface area (Å²) in [7, 11) is 0. The average molecular weight is 379 g/mol. The Balaban J connectivity index is 1.93. The number of hydrogen-bond donors (Lipinski definition) is 1. The Bertz CT molecular complexity index is 828. The maximum atomic E-state index is 13.4. The van der Waals surface area contributed by atoms with Gasteiger partial charge in [-0.25, -0.2) is 0 Å². The summed E-state index contributed by atoms with van der Waals surface area (Å²) in [5.41, 5.74) is 1.33. The minimum absolute atomic E-state index is 0.124. The maximum absolute atomic E-state index is 13.4. The van der Waals surface area contributed by atoms with Gasteiger partial charge in [-0.2, -0.15) is 13.2 Å². The lowest BCUT2D eigenvalue weighted by Gasteiger charge is -2.28. The highest BCUT2D eigenvalue weighted by Crippen LogP contribution is 2.33. The predicted molar refractivity (Wildman–Crippen MR) is 98.9 cm³/mol. The van der Waals surface area contributed by atoms with Gasteiger partial charge in [-0.1, -0.05) is 48.0 Å². The van der Waals surface area contributed by atoms with Crippen LogP contribution < -0.4 is 10.2 Å². The monoisotopic (exact) mass is 378 g/mol. The van der Waals surface area contributed by atoms with Crippen molar-refractivity contribution in [1.29, 1.82) is 0 Å². The zero-order chi connectivity index (χ0) is 18.6. The molecule has 0 amide bonds. The summed E-state index contributed by atoms with van der Waals surface area (Å²) in [6.45, 7) is 0.579. The molecule has 26 heavy (non-hydrogen) atoms. The molecular weight excluding hydrogens is 361 g/mol. The van der Waals surface area contributed by atoms with Crippen molar-refractivity contribution in [2.45, 2.75) is 19.1 Å². The van der Waals surface area contributed by atoms with Crippen LogP contribution in [0.5, 0.6) is 0 Å². The molecule has 0 saturated carbocycles. The van der Waals surface area contributed by atoms with Crippen LogP contribution in [-0.2, 0) is 12.7 Å². The second-order valence-electron chi connectivity index (χ2n) is 6.00. The van der Waals surface area contributed by atoms with Crippen molar-refractivity contribution >= 4 is 17.3 Å². The molecular formula is C20H18ClF3N2. The predicted octanol–water partition coefficient (Wildman–Crippen LogP) is 5.76. The van der Waals surface area contributed by atoms with Crippen LogP contribution >= 0.6 is 11.6 Å². The van der Waals surface area contributed by atoms with E-state index >= 15 is 0 Å². The number of allylic oxidation sites excluding steroid dienone is 2. The molecule has 1 heterocycles. The zero-order valence-electron chi connectivity index (χ0n) is 13.9. The fourth-order valence-corrected chi connectivity index (χ4v) is 3.06. The average Bonchev–Trinajstić information content (AvgIpc) is 2.62. The molecule has 6 heteroatoms. The minimum Gasteiger partial charge on any atom is -0.364 e. The molecule has 0 spiro atoms. The maximum Gasteiger partial charge on any atom is 0.416 e. The van der Waals surface area contributed by atoms with E-state index in [0.29, 0.717) is 11.6 Å². The molecule has 0 fully saturated rings. The molecule has 1 N–H and O–H groups in total. The second kappa shape index (κ2) is 7.87. The number of alkyl halides is 3. The summed E-state index contributed by atoms with van der Waals surface area (Å²) in [6, 6.07) is 12.8. The van der Waals surface area contributed by atoms with Gasteiger partial charge in [0.05, 0.1) is 12.1 Å². The third-order valence-electron chi connectivity index (χ3n) is 4.11. The Morgan fingerprint density at radius 3 is 2.54 bits per heavy atom. The molecule has 0 aliphatic carbocycles. The van der Waals surface area contributed by atoms with Crippen molar-refractivity contribution in [2.75, 3.05) is 11.4 Å². The van der Waals surface area contributed by atoms with Gasteiger partial charge < -0.3 is 10.2 Å². The van der Waals surface area contributed by atoms with Gasteiger partial charge in [0, 0.05) is 23.0 Å². The lowest BCUT2D eigenvalue weighted by molar-refractivity contribution is -0.138. The number of nitrogens with zero attached hydrogens (tertiary/aromatic N) is 1. The third-order valence-corrected chi connectivity index (χ3v) is 4.34. The Morgan fingerprint density at radius 1 is 1.04 bits per heavy atom. The molecule has 0 atom stereocenters. The van der Waals surface area contributed by atoms with Crippen LogP contribution in [0.1, 0.15) is 17.5 Å². The summed E-state index contributed by atoms with van der Waals surface area (Å²) in [6.07, 6.45) is 2.25. The number of anilines is 1. The van der Waals surface area contributed by atoms with E-state index in [-0.39, 0.29) is 12.1 Å². The quantitative estimate of drug-likeness (QED) is 0.712. The lowest BCUT2D eigenvalue weighted by atomic mass is 10.1. The molecule has 1 aliphatic heterocycles. The number of dihydropyridines is 1. The minimum atomic E-state index is -4.39. The van der Waals surface area contributed by atoms with E-state index in [0.717, 1.165) is 23.9 Å². The van der Waals surface area contributed by atoms with Crippen LogP contribution in [0.15, 0.2) is 72.6 Å². The number of hydrogen-bond acceptors (Lipinski definition) is 2. The third kappa shape index (κ3) is 4.61. The fraction of sp³-hybridized carbons (Fsp3) is 0.200. The van der Waals surface area contributed by atoms with Gasteiger partial charge in [0.1, 0.15) is 0 Å². The normalized spacial score (nSPS) is 13.9. The van der Waals surface area contributed by atoms with E-state index in [1.807, 2.05) is 29.3 Å². The molecule has 0 saturated heterocycles. The highest BCUT2D eigenvalue weighted by Gasteiger charge is 2.33. The van der Waals surface area contributed by atoms with Crippen molar-refractivity contribution in [2.24, 2.45) is 0 Å². The summed E-state index contributed by atoms with van der Waals surface area (Å²) in [5.74, 6) is 0. The summed E-state index contributed by atoms with van der Waals surface area (Å²) < 4.78 is 40.1. The van der Waals surface area contributed by atoms with Crippen molar-refractivity contribution in [1.82, 2.24) is 5.32 Å². The van der Waals surface area contributed by atoms with Crippen molar-refractivity contribution < 1.29 is 13.2 Å². The Hall–Kier alpha value is -2.40. The first kappa shape index (κ1) is 18.4. The van der Waals surface area contributed by atoms with Gasteiger partial charge >= 0.3 is 6.18 Å². The van der Waals surface area contributed by atoms with E-state index in [1.165, 1.54) is 12.1 Å². The molecule has 2 aromatic carbocycles. The largest absolute Gasteiger partial charge is 0.416 e. The zero-order valence-corrected chi connectivity index (χ0v) is 14.7. The molecule has 1 aliphatic rings. The van der Waals surface area contributed by atoms with E-state index in [1.54, 1.807) is 24.3 Å². The van der Waals surface area contributed by atoms with Gasteiger partial charge in [-0.05, 0) is 42.4 Å². The van der Waals surface area contributed by atoms with Crippen LogP contribution in [0, 0.1) is 0 Å². The highest BCUT2D eigenvalue weighted by atomic mass is 35.5. The smallest absolute Gasteiger partial charge is 0.364 e. The number of nitrogens with one attached hydrogen (secondary N) is 1. The first-order valence-electron chi connectivity index (χ1n) is 8.19. The molecule has 0 bridgehead atoms. The highest BCUT2D eigenvalue weighted by molar-refractivity contribution is 6.30. The lowest BCUT2D eigenvalue weighted by Crippen LogP contribution is -2.30. The Morgan fingerprint density at radius 2 is 1.85 bits per heavy atom. The molecule has 0 unspecified atom stereocenters. The van der Waals surface area contributed by atoms with E-state index in [4.69, 9.17) is 11.6 Å². The van der Waals surface area contributed by atoms with Crippen molar-refractivity contribution in [3.8, 4) is 0 Å². The van der Waals surface area contributed by atoms with Gasteiger partial charge in [0.25, 0.3) is 0 Å². The van der Waals surface area contributed by atoms with Crippen LogP contribution in [0.3, 0.4) is 0 Å². The number of benzene rings is 2. The van der Waals surface area contributed by atoms with Crippen molar-refractivity contribution in [3.63, 3.8) is 0 Å². The molecule has 3 rings (SSSR count). The molecule has 0 aromatic heterocycles. The summed E-state index contributed by atoms with van der Waals surface area (Å²) >= 11 is 6.09. The summed E-state index contributed by atoms with van der Waals surface area (Å²) in [5, 5.41) is 3.69. The Labute approximate surface area is 155 Å².